The fourth-order valence-corrected chi connectivity index (χ4v) is 6.75. The first-order valence-electron chi connectivity index (χ1n) is 14.4. The van der Waals surface area contributed by atoms with Crippen LogP contribution >= 0.6 is 15.9 Å². The number of nitrogens with zero attached hydrogens (tertiary/aromatic N) is 2. The number of rotatable bonds is 12. The number of carbonyl (C=O) groups is 2. The third kappa shape index (κ3) is 8.57. The van der Waals surface area contributed by atoms with Gasteiger partial charge in [-0.1, -0.05) is 47.3 Å². The highest BCUT2D eigenvalue weighted by Crippen LogP contribution is 2.27. The first kappa shape index (κ1) is 32.5. The molecule has 0 heterocycles. The molecule has 0 radical (unpaired) electrons. The van der Waals surface area contributed by atoms with Gasteiger partial charge in [-0.15, -0.1) is 0 Å². The van der Waals surface area contributed by atoms with Crippen LogP contribution < -0.4 is 14.4 Å². The zero-order chi connectivity index (χ0) is 31.0. The Morgan fingerprint density at radius 1 is 0.977 bits per heavy atom. The van der Waals surface area contributed by atoms with E-state index in [-0.39, 0.29) is 29.1 Å². The van der Waals surface area contributed by atoms with Crippen molar-refractivity contribution in [2.75, 3.05) is 17.5 Å². The van der Waals surface area contributed by atoms with E-state index in [4.69, 9.17) is 4.74 Å². The van der Waals surface area contributed by atoms with Gasteiger partial charge in [0.1, 0.15) is 24.2 Å². The molecule has 11 heteroatoms. The molecule has 1 saturated carbocycles. The SMILES string of the molecule is CCOc1ccc(N(CC(=O)N(Cc2ccc(Br)cc2)[C@@H](C)C(=O)NC2CCCCC2)S(=O)(=O)c2ccc(F)cc2)cc1. The lowest BCUT2D eigenvalue weighted by molar-refractivity contribution is -0.139. The van der Waals surface area contributed by atoms with Crippen molar-refractivity contribution in [3.05, 3.63) is 88.6 Å². The molecule has 3 aromatic rings. The molecule has 0 aliphatic heterocycles. The number of halogens is 2. The number of hydrogen-bond acceptors (Lipinski definition) is 5. The van der Waals surface area contributed by atoms with E-state index in [0.717, 1.165) is 70.7 Å². The number of benzene rings is 3. The van der Waals surface area contributed by atoms with Gasteiger partial charge >= 0.3 is 0 Å². The molecule has 0 aromatic heterocycles. The van der Waals surface area contributed by atoms with Gasteiger partial charge in [0.2, 0.25) is 11.8 Å². The Kier molecular flexibility index (Phi) is 11.2. The fourth-order valence-electron chi connectivity index (χ4n) is 5.08. The van der Waals surface area contributed by atoms with E-state index < -0.39 is 34.3 Å². The summed E-state index contributed by atoms with van der Waals surface area (Å²) >= 11 is 3.42. The maximum absolute atomic E-state index is 14.1. The highest BCUT2D eigenvalue weighted by atomic mass is 79.9. The minimum absolute atomic E-state index is 0.0486. The van der Waals surface area contributed by atoms with E-state index in [1.54, 1.807) is 31.2 Å². The van der Waals surface area contributed by atoms with Gasteiger partial charge in [-0.05, 0) is 92.9 Å². The highest BCUT2D eigenvalue weighted by molar-refractivity contribution is 9.10. The van der Waals surface area contributed by atoms with Crippen LogP contribution in [0.1, 0.15) is 51.5 Å². The Bertz CT molecular complexity index is 1480. The molecule has 0 saturated heterocycles. The number of sulfonamides is 1. The van der Waals surface area contributed by atoms with Crippen molar-refractivity contribution in [3.8, 4) is 5.75 Å². The Morgan fingerprint density at radius 2 is 1.60 bits per heavy atom. The molecule has 1 fully saturated rings. The normalized spacial score (nSPS) is 14.5. The molecule has 1 aliphatic rings. The summed E-state index contributed by atoms with van der Waals surface area (Å²) in [6.45, 7) is 3.44. The van der Waals surface area contributed by atoms with Crippen molar-refractivity contribution in [1.29, 1.82) is 0 Å². The van der Waals surface area contributed by atoms with Crippen molar-refractivity contribution in [3.63, 3.8) is 0 Å². The second-order valence-electron chi connectivity index (χ2n) is 10.6. The van der Waals surface area contributed by atoms with Gasteiger partial charge in [-0.2, -0.15) is 0 Å². The Balaban J connectivity index is 1.67. The quantitative estimate of drug-likeness (QED) is 0.253. The first-order valence-corrected chi connectivity index (χ1v) is 16.7. The minimum Gasteiger partial charge on any atom is -0.494 e. The van der Waals surface area contributed by atoms with E-state index in [2.05, 4.69) is 21.2 Å². The maximum atomic E-state index is 14.1. The number of anilines is 1. The second-order valence-corrected chi connectivity index (χ2v) is 13.3. The monoisotopic (exact) mass is 673 g/mol. The zero-order valence-corrected chi connectivity index (χ0v) is 26.7. The summed E-state index contributed by atoms with van der Waals surface area (Å²) in [5.41, 5.74) is 1.01. The third-order valence-electron chi connectivity index (χ3n) is 7.50. The molecular formula is C32H37BrFN3O5S. The van der Waals surface area contributed by atoms with Crippen LogP contribution in [0.2, 0.25) is 0 Å². The Labute approximate surface area is 261 Å². The molecule has 1 atom stereocenters. The van der Waals surface area contributed by atoms with E-state index in [9.17, 15) is 22.4 Å². The van der Waals surface area contributed by atoms with Crippen LogP contribution in [-0.4, -0.2) is 50.4 Å². The number of ether oxygens (including phenoxy) is 1. The van der Waals surface area contributed by atoms with Crippen molar-refractivity contribution < 1.29 is 27.1 Å². The van der Waals surface area contributed by atoms with Crippen LogP contribution in [0.15, 0.2) is 82.2 Å². The van der Waals surface area contributed by atoms with Crippen LogP contribution in [0.4, 0.5) is 10.1 Å². The van der Waals surface area contributed by atoms with Gasteiger partial charge in [0.05, 0.1) is 17.2 Å². The summed E-state index contributed by atoms with van der Waals surface area (Å²) in [5.74, 6) is -0.886. The average Bonchev–Trinajstić information content (AvgIpc) is 3.00. The predicted molar refractivity (Wildman–Crippen MR) is 168 cm³/mol. The summed E-state index contributed by atoms with van der Waals surface area (Å²) in [5, 5.41) is 3.09. The van der Waals surface area contributed by atoms with Crippen LogP contribution in [-0.2, 0) is 26.2 Å². The summed E-state index contributed by atoms with van der Waals surface area (Å²) in [4.78, 5) is 28.7. The first-order chi connectivity index (χ1) is 20.6. The number of nitrogens with one attached hydrogen (secondary N) is 1. The maximum Gasteiger partial charge on any atom is 0.264 e. The molecule has 4 rings (SSSR count). The van der Waals surface area contributed by atoms with Crippen molar-refractivity contribution in [1.82, 2.24) is 10.2 Å². The smallest absolute Gasteiger partial charge is 0.264 e. The lowest BCUT2D eigenvalue weighted by Crippen LogP contribution is -2.53. The molecule has 1 N–H and O–H groups in total. The molecule has 0 spiro atoms. The molecule has 1 aliphatic carbocycles. The number of hydrogen-bond donors (Lipinski definition) is 1. The average molecular weight is 675 g/mol. The minimum atomic E-state index is -4.30. The van der Waals surface area contributed by atoms with Gasteiger partial charge in [0.25, 0.3) is 10.0 Å². The number of amides is 2. The van der Waals surface area contributed by atoms with Gasteiger partial charge in [-0.25, -0.2) is 12.8 Å². The molecule has 2 amide bonds. The Hall–Kier alpha value is -3.44. The molecule has 43 heavy (non-hydrogen) atoms. The molecule has 0 bridgehead atoms. The predicted octanol–water partition coefficient (Wildman–Crippen LogP) is 6.05. The van der Waals surface area contributed by atoms with E-state index in [1.165, 1.54) is 4.90 Å². The van der Waals surface area contributed by atoms with Crippen molar-refractivity contribution in [2.24, 2.45) is 0 Å². The van der Waals surface area contributed by atoms with E-state index >= 15 is 0 Å². The Morgan fingerprint density at radius 3 is 2.21 bits per heavy atom. The number of carbonyl (C=O) groups excluding carboxylic acids is 2. The summed E-state index contributed by atoms with van der Waals surface area (Å²) in [7, 11) is -4.30. The van der Waals surface area contributed by atoms with Crippen LogP contribution in [0.25, 0.3) is 0 Å². The lowest BCUT2D eigenvalue weighted by atomic mass is 9.95. The largest absolute Gasteiger partial charge is 0.494 e. The van der Waals surface area contributed by atoms with Gasteiger partial charge in [-0.3, -0.25) is 13.9 Å². The molecule has 230 valence electrons. The fraction of sp³-hybridized carbons (Fsp3) is 0.375. The molecule has 8 nitrogen and oxygen atoms in total. The summed E-state index contributed by atoms with van der Waals surface area (Å²) in [6, 6.07) is 17.3. The summed E-state index contributed by atoms with van der Waals surface area (Å²) < 4.78 is 48.8. The standard InChI is InChI=1S/C32H37BrFN3O5S/c1-3-42-29-17-15-28(16-18-29)37(43(40,41)30-19-13-26(34)14-20-30)22-31(38)36(21-24-9-11-25(33)12-10-24)23(2)32(39)35-27-7-5-4-6-8-27/h9-20,23,27H,3-8,21-22H2,1-2H3,(H,35,39)/t23-/m0/s1. The summed E-state index contributed by atoms with van der Waals surface area (Å²) in [6.07, 6.45) is 5.00. The van der Waals surface area contributed by atoms with Gasteiger partial charge in [0.15, 0.2) is 0 Å². The van der Waals surface area contributed by atoms with E-state index in [0.29, 0.717) is 12.4 Å². The molecule has 0 unspecified atom stereocenters. The molecular weight excluding hydrogens is 637 g/mol. The van der Waals surface area contributed by atoms with E-state index in [1.807, 2.05) is 31.2 Å². The lowest BCUT2D eigenvalue weighted by Gasteiger charge is -2.33. The highest BCUT2D eigenvalue weighted by Gasteiger charge is 2.33. The van der Waals surface area contributed by atoms with Crippen LogP contribution in [0.3, 0.4) is 0 Å². The third-order valence-corrected chi connectivity index (χ3v) is 9.82. The van der Waals surface area contributed by atoms with Crippen molar-refractivity contribution in [2.45, 2.75) is 69.5 Å². The van der Waals surface area contributed by atoms with Gasteiger partial charge in [0, 0.05) is 17.1 Å². The zero-order valence-electron chi connectivity index (χ0n) is 24.3. The van der Waals surface area contributed by atoms with Gasteiger partial charge < -0.3 is 15.0 Å². The van der Waals surface area contributed by atoms with Crippen LogP contribution in [0.5, 0.6) is 5.75 Å². The molecule has 3 aromatic carbocycles. The second kappa shape index (κ2) is 14.8. The topological polar surface area (TPSA) is 96.0 Å². The van der Waals surface area contributed by atoms with Crippen molar-refractivity contribution >= 4 is 43.5 Å². The van der Waals surface area contributed by atoms with Crippen LogP contribution in [0, 0.1) is 5.82 Å².